The second-order valence-electron chi connectivity index (χ2n) is 3.35. The quantitative estimate of drug-likeness (QED) is 0.631. The summed E-state index contributed by atoms with van der Waals surface area (Å²) in [5.74, 6) is -0.587. The maximum absolute atomic E-state index is 13.1. The van der Waals surface area contributed by atoms with Crippen LogP contribution in [-0.4, -0.2) is 18.1 Å². The van der Waals surface area contributed by atoms with Gasteiger partial charge in [0.1, 0.15) is 18.1 Å². The van der Waals surface area contributed by atoms with E-state index in [1.54, 1.807) is 6.92 Å². The van der Waals surface area contributed by atoms with Gasteiger partial charge in [0.05, 0.1) is 0 Å². The summed E-state index contributed by atoms with van der Waals surface area (Å²) in [5, 5.41) is 0. The zero-order valence-corrected chi connectivity index (χ0v) is 7.22. The molecule has 0 aromatic heterocycles. The van der Waals surface area contributed by atoms with Crippen LogP contribution in [0.4, 0.5) is 8.78 Å². The zero-order valence-electron chi connectivity index (χ0n) is 7.22. The number of halogens is 2. The third-order valence-electron chi connectivity index (χ3n) is 2.47. The zero-order chi connectivity index (χ0) is 9.14. The molecule has 1 fully saturated rings. The smallest absolute Gasteiger partial charge is 0.138 e. The minimum absolute atomic E-state index is 0.0607. The molecule has 0 aliphatic heterocycles. The van der Waals surface area contributed by atoms with Gasteiger partial charge in [-0.25, -0.2) is 8.78 Å². The first-order valence-corrected chi connectivity index (χ1v) is 4.46. The minimum atomic E-state index is -1.25. The highest BCUT2D eigenvalue weighted by Gasteiger charge is 2.33. The molecule has 70 valence electrons. The average molecular weight is 176 g/mol. The topological polar surface area (TPSA) is 17.1 Å². The Bertz CT molecular complexity index is 170. The summed E-state index contributed by atoms with van der Waals surface area (Å²) in [6, 6.07) is 0. The molecule has 0 spiro atoms. The van der Waals surface area contributed by atoms with Crippen molar-refractivity contribution in [3.63, 3.8) is 0 Å². The van der Waals surface area contributed by atoms with E-state index in [1.807, 2.05) is 0 Å². The van der Waals surface area contributed by atoms with Crippen molar-refractivity contribution in [2.24, 2.45) is 5.92 Å². The molecule has 1 nitrogen and oxygen atoms in total. The van der Waals surface area contributed by atoms with Crippen molar-refractivity contribution >= 4 is 5.78 Å². The van der Waals surface area contributed by atoms with Gasteiger partial charge in [-0.2, -0.15) is 0 Å². The lowest BCUT2D eigenvalue weighted by atomic mass is 9.83. The van der Waals surface area contributed by atoms with E-state index in [-0.39, 0.29) is 12.2 Å². The number of alkyl halides is 2. The molecule has 3 atom stereocenters. The first-order chi connectivity index (χ1) is 5.65. The summed E-state index contributed by atoms with van der Waals surface area (Å²) in [4.78, 5) is 11.1. The van der Waals surface area contributed by atoms with Crippen LogP contribution in [-0.2, 0) is 4.79 Å². The maximum atomic E-state index is 13.1. The normalized spacial score (nSPS) is 36.4. The molecule has 1 aliphatic rings. The van der Waals surface area contributed by atoms with Crippen molar-refractivity contribution in [1.29, 1.82) is 0 Å². The molecule has 0 N–H and O–H groups in total. The number of hydrogen-bond acceptors (Lipinski definition) is 1. The molecule has 0 aromatic carbocycles. The van der Waals surface area contributed by atoms with Crippen LogP contribution in [0.25, 0.3) is 0 Å². The molecule has 0 bridgehead atoms. The van der Waals surface area contributed by atoms with Crippen LogP contribution in [0.3, 0.4) is 0 Å². The molecule has 3 heteroatoms. The second kappa shape index (κ2) is 3.97. The first kappa shape index (κ1) is 9.62. The van der Waals surface area contributed by atoms with Crippen molar-refractivity contribution in [3.05, 3.63) is 0 Å². The Morgan fingerprint density at radius 2 is 2.08 bits per heavy atom. The molecule has 3 unspecified atom stereocenters. The van der Waals surface area contributed by atoms with Gasteiger partial charge in [0, 0.05) is 18.8 Å². The Labute approximate surface area is 71.1 Å². The van der Waals surface area contributed by atoms with Gasteiger partial charge in [-0.1, -0.05) is 6.92 Å². The van der Waals surface area contributed by atoms with Crippen molar-refractivity contribution in [2.45, 2.75) is 45.0 Å². The van der Waals surface area contributed by atoms with Gasteiger partial charge in [-0.05, 0) is 12.8 Å². The standard InChI is InChI=1S/C9H14F2O/c1-2-9(12)7-4-3-6(10)5-8(7)11/h6-8H,2-5H2,1H3. The predicted molar refractivity (Wildman–Crippen MR) is 42.4 cm³/mol. The Kier molecular flexibility index (Phi) is 3.18. The number of Topliss-reactive ketones (excluding diaryl/α,β-unsaturated/α-hetero) is 1. The number of carbonyl (C=O) groups is 1. The number of hydrogen-bond donors (Lipinski definition) is 0. The summed E-state index contributed by atoms with van der Waals surface area (Å²) < 4.78 is 25.7. The Balaban J connectivity index is 2.50. The van der Waals surface area contributed by atoms with E-state index in [0.717, 1.165) is 0 Å². The van der Waals surface area contributed by atoms with Crippen LogP contribution in [0, 0.1) is 5.92 Å². The average Bonchev–Trinajstić information content (AvgIpc) is 2.03. The minimum Gasteiger partial charge on any atom is -0.299 e. The van der Waals surface area contributed by atoms with Gasteiger partial charge in [-0.15, -0.1) is 0 Å². The number of rotatable bonds is 2. The van der Waals surface area contributed by atoms with E-state index in [4.69, 9.17) is 0 Å². The van der Waals surface area contributed by atoms with E-state index in [2.05, 4.69) is 0 Å². The molecule has 0 saturated heterocycles. The maximum Gasteiger partial charge on any atom is 0.138 e. The fourth-order valence-electron chi connectivity index (χ4n) is 1.69. The summed E-state index contributed by atoms with van der Waals surface area (Å²) in [7, 11) is 0. The van der Waals surface area contributed by atoms with E-state index in [9.17, 15) is 13.6 Å². The van der Waals surface area contributed by atoms with Gasteiger partial charge >= 0.3 is 0 Å². The molecular formula is C9H14F2O. The molecule has 1 rings (SSSR count). The van der Waals surface area contributed by atoms with Crippen molar-refractivity contribution in [3.8, 4) is 0 Å². The molecular weight excluding hydrogens is 162 g/mol. The number of carbonyl (C=O) groups excluding carboxylic acids is 1. The van der Waals surface area contributed by atoms with E-state index in [1.165, 1.54) is 0 Å². The lowest BCUT2D eigenvalue weighted by Crippen LogP contribution is -2.32. The fraction of sp³-hybridized carbons (Fsp3) is 0.889. The highest BCUT2D eigenvalue weighted by Crippen LogP contribution is 2.30. The van der Waals surface area contributed by atoms with Crippen LogP contribution >= 0.6 is 0 Å². The van der Waals surface area contributed by atoms with Crippen LogP contribution in [0.5, 0.6) is 0 Å². The Morgan fingerprint density at radius 3 is 2.58 bits per heavy atom. The van der Waals surface area contributed by atoms with Crippen molar-refractivity contribution in [2.75, 3.05) is 0 Å². The molecule has 1 saturated carbocycles. The molecule has 0 radical (unpaired) electrons. The summed E-state index contributed by atoms with van der Waals surface area (Å²) in [6.45, 7) is 1.72. The monoisotopic (exact) mass is 176 g/mol. The summed E-state index contributed by atoms with van der Waals surface area (Å²) in [6.07, 6.45) is -1.29. The second-order valence-corrected chi connectivity index (χ2v) is 3.35. The van der Waals surface area contributed by atoms with Gasteiger partial charge in [0.15, 0.2) is 0 Å². The van der Waals surface area contributed by atoms with Gasteiger partial charge < -0.3 is 0 Å². The third-order valence-corrected chi connectivity index (χ3v) is 2.47. The molecule has 0 amide bonds. The number of ketones is 1. The fourth-order valence-corrected chi connectivity index (χ4v) is 1.69. The SMILES string of the molecule is CCC(=O)C1CCC(F)CC1F. The lowest BCUT2D eigenvalue weighted by Gasteiger charge is -2.26. The van der Waals surface area contributed by atoms with Crippen molar-refractivity contribution < 1.29 is 13.6 Å². The van der Waals surface area contributed by atoms with Crippen molar-refractivity contribution in [1.82, 2.24) is 0 Å². The highest BCUT2D eigenvalue weighted by atomic mass is 19.1. The molecule has 12 heavy (non-hydrogen) atoms. The van der Waals surface area contributed by atoms with Crippen LogP contribution in [0.15, 0.2) is 0 Å². The van der Waals surface area contributed by atoms with E-state index < -0.39 is 18.3 Å². The van der Waals surface area contributed by atoms with E-state index in [0.29, 0.717) is 19.3 Å². The molecule has 1 aliphatic carbocycles. The largest absolute Gasteiger partial charge is 0.299 e. The van der Waals surface area contributed by atoms with Gasteiger partial charge in [-0.3, -0.25) is 4.79 Å². The Morgan fingerprint density at radius 1 is 1.42 bits per heavy atom. The Hall–Kier alpha value is -0.470. The lowest BCUT2D eigenvalue weighted by molar-refractivity contribution is -0.126. The summed E-state index contributed by atoms with van der Waals surface area (Å²) >= 11 is 0. The predicted octanol–water partition coefficient (Wildman–Crippen LogP) is 2.44. The van der Waals surface area contributed by atoms with Gasteiger partial charge in [0.25, 0.3) is 0 Å². The molecule has 0 aromatic rings. The third kappa shape index (κ3) is 2.02. The highest BCUT2D eigenvalue weighted by molar-refractivity contribution is 5.81. The van der Waals surface area contributed by atoms with E-state index >= 15 is 0 Å². The van der Waals surface area contributed by atoms with Crippen LogP contribution in [0.2, 0.25) is 0 Å². The van der Waals surface area contributed by atoms with Crippen LogP contribution < -0.4 is 0 Å². The molecule has 0 heterocycles. The first-order valence-electron chi connectivity index (χ1n) is 4.46. The summed E-state index contributed by atoms with van der Waals surface area (Å²) in [5.41, 5.74) is 0. The van der Waals surface area contributed by atoms with Crippen LogP contribution in [0.1, 0.15) is 32.6 Å². The van der Waals surface area contributed by atoms with Gasteiger partial charge in [0.2, 0.25) is 0 Å².